The summed E-state index contributed by atoms with van der Waals surface area (Å²) >= 11 is 6.89. The average Bonchev–Trinajstić information content (AvgIpc) is 3.21. The van der Waals surface area contributed by atoms with Gasteiger partial charge in [0.25, 0.3) is 0 Å². The average molecular weight is 473 g/mol. The molecule has 12 heteroatoms. The molecule has 0 bridgehead atoms. The fourth-order valence-corrected chi connectivity index (χ4v) is 3.26. The number of nitrogens with one attached hydrogen (secondary N) is 2. The number of aromatic nitrogens is 3. The van der Waals surface area contributed by atoms with Crippen LogP contribution < -0.4 is 14.8 Å². The van der Waals surface area contributed by atoms with E-state index in [0.29, 0.717) is 22.9 Å². The molecular formula is C19H16ClF3N4O3S. The maximum atomic E-state index is 12.8. The number of methoxy groups -OCH3 is 2. The molecule has 1 heterocycles. The van der Waals surface area contributed by atoms with E-state index < -0.39 is 17.6 Å². The second kappa shape index (κ2) is 9.48. The second-order valence-corrected chi connectivity index (χ2v) is 7.45. The predicted octanol–water partition coefficient (Wildman–Crippen LogP) is 4.89. The third-order valence-corrected chi connectivity index (χ3v) is 5.17. The van der Waals surface area contributed by atoms with E-state index in [4.69, 9.17) is 21.1 Å². The molecular weight excluding hydrogens is 457 g/mol. The number of thioether (sulfide) groups is 1. The van der Waals surface area contributed by atoms with Crippen LogP contribution >= 0.6 is 23.4 Å². The number of carbonyl (C=O) groups is 1. The number of alkyl halides is 3. The molecule has 31 heavy (non-hydrogen) atoms. The first kappa shape index (κ1) is 22.8. The van der Waals surface area contributed by atoms with Crippen LogP contribution in [0.1, 0.15) is 5.56 Å². The van der Waals surface area contributed by atoms with Crippen molar-refractivity contribution >= 4 is 35.0 Å². The van der Waals surface area contributed by atoms with E-state index in [0.717, 1.165) is 30.0 Å². The molecule has 164 valence electrons. The molecule has 3 rings (SSSR count). The maximum Gasteiger partial charge on any atom is 0.416 e. The number of aromatic amines is 1. The highest BCUT2D eigenvalue weighted by atomic mass is 35.5. The van der Waals surface area contributed by atoms with Crippen molar-refractivity contribution in [3.8, 4) is 22.9 Å². The fraction of sp³-hybridized carbons (Fsp3) is 0.211. The molecule has 1 amide bonds. The highest BCUT2D eigenvalue weighted by Crippen LogP contribution is 2.34. The molecule has 0 unspecified atom stereocenters. The lowest BCUT2D eigenvalue weighted by Gasteiger charge is -2.11. The van der Waals surface area contributed by atoms with Crippen LogP contribution in [0.4, 0.5) is 18.9 Å². The molecule has 0 aliphatic heterocycles. The molecule has 2 aromatic carbocycles. The van der Waals surface area contributed by atoms with Gasteiger partial charge in [-0.25, -0.2) is 4.98 Å². The zero-order valence-electron chi connectivity index (χ0n) is 16.2. The van der Waals surface area contributed by atoms with Crippen LogP contribution in [-0.4, -0.2) is 41.1 Å². The van der Waals surface area contributed by atoms with E-state index in [1.54, 1.807) is 18.2 Å². The van der Waals surface area contributed by atoms with Gasteiger partial charge in [-0.1, -0.05) is 23.4 Å². The summed E-state index contributed by atoms with van der Waals surface area (Å²) in [5.74, 6) is 0.877. The largest absolute Gasteiger partial charge is 0.497 e. The monoisotopic (exact) mass is 472 g/mol. The van der Waals surface area contributed by atoms with E-state index in [-0.39, 0.29) is 21.6 Å². The molecule has 0 aliphatic rings. The number of carbonyl (C=O) groups excluding carboxylic acids is 1. The van der Waals surface area contributed by atoms with Crippen LogP contribution in [0, 0.1) is 0 Å². The molecule has 0 saturated carbocycles. The van der Waals surface area contributed by atoms with Crippen LogP contribution in [0.2, 0.25) is 5.02 Å². The molecule has 2 N–H and O–H groups in total. The third kappa shape index (κ3) is 5.82. The van der Waals surface area contributed by atoms with Gasteiger partial charge in [0.05, 0.1) is 36.2 Å². The number of hydrogen-bond donors (Lipinski definition) is 2. The van der Waals surface area contributed by atoms with Gasteiger partial charge in [-0.15, -0.1) is 5.10 Å². The minimum atomic E-state index is -4.54. The van der Waals surface area contributed by atoms with E-state index in [1.807, 2.05) is 0 Å². The van der Waals surface area contributed by atoms with Crippen LogP contribution in [0.25, 0.3) is 11.4 Å². The van der Waals surface area contributed by atoms with Gasteiger partial charge in [-0.2, -0.15) is 13.2 Å². The predicted molar refractivity (Wildman–Crippen MR) is 111 cm³/mol. The topological polar surface area (TPSA) is 89.1 Å². The van der Waals surface area contributed by atoms with Gasteiger partial charge < -0.3 is 14.8 Å². The number of hydrogen-bond acceptors (Lipinski definition) is 6. The van der Waals surface area contributed by atoms with E-state index >= 15 is 0 Å². The number of anilines is 1. The maximum absolute atomic E-state index is 12.8. The van der Waals surface area contributed by atoms with Crippen molar-refractivity contribution in [3.05, 3.63) is 47.0 Å². The minimum Gasteiger partial charge on any atom is -0.497 e. The highest BCUT2D eigenvalue weighted by molar-refractivity contribution is 7.99. The van der Waals surface area contributed by atoms with Crippen molar-refractivity contribution in [2.45, 2.75) is 11.3 Å². The van der Waals surface area contributed by atoms with Gasteiger partial charge in [0, 0.05) is 11.6 Å². The summed E-state index contributed by atoms with van der Waals surface area (Å²) < 4.78 is 49.0. The Morgan fingerprint density at radius 1 is 1.16 bits per heavy atom. The lowest BCUT2D eigenvalue weighted by atomic mass is 10.2. The number of H-pyrrole nitrogens is 1. The first-order valence-corrected chi connectivity index (χ1v) is 10.0. The van der Waals surface area contributed by atoms with Gasteiger partial charge in [-0.05, 0) is 30.3 Å². The summed E-state index contributed by atoms with van der Waals surface area (Å²) in [5, 5.41) is 9.45. The van der Waals surface area contributed by atoms with E-state index in [1.165, 1.54) is 14.2 Å². The Morgan fingerprint density at radius 2 is 1.84 bits per heavy atom. The Hall–Kier alpha value is -2.92. The molecule has 0 fully saturated rings. The van der Waals surface area contributed by atoms with Crippen LogP contribution in [-0.2, 0) is 11.0 Å². The molecule has 0 aliphatic carbocycles. The zero-order chi connectivity index (χ0) is 22.6. The molecule has 0 radical (unpaired) electrons. The Balaban J connectivity index is 1.66. The van der Waals surface area contributed by atoms with Crippen molar-refractivity contribution in [1.82, 2.24) is 15.2 Å². The second-order valence-electron chi connectivity index (χ2n) is 6.10. The standard InChI is InChI=1S/C19H16ClF3N4O3S/c1-29-12-5-10(6-13(8-12)30-2)17-25-18(27-26-17)31-9-16(28)24-15-7-11(19(21,22)23)3-4-14(15)20/h3-8H,9H2,1-2H3,(H,24,28)(H,25,26,27). The third-order valence-electron chi connectivity index (χ3n) is 3.99. The normalized spacial score (nSPS) is 11.3. The van der Waals surface area contributed by atoms with Crippen molar-refractivity contribution in [3.63, 3.8) is 0 Å². The van der Waals surface area contributed by atoms with Gasteiger partial charge in [-0.3, -0.25) is 9.89 Å². The van der Waals surface area contributed by atoms with Crippen molar-refractivity contribution in [2.24, 2.45) is 0 Å². The Bertz CT molecular complexity index is 1070. The van der Waals surface area contributed by atoms with Crippen LogP contribution in [0.5, 0.6) is 11.5 Å². The summed E-state index contributed by atoms with van der Waals surface area (Å²) in [6, 6.07) is 7.89. The van der Waals surface area contributed by atoms with Crippen LogP contribution in [0.15, 0.2) is 41.6 Å². The number of nitrogens with zero attached hydrogens (tertiary/aromatic N) is 2. The molecule has 1 aromatic heterocycles. The summed E-state index contributed by atoms with van der Waals surface area (Å²) in [4.78, 5) is 16.5. The smallest absolute Gasteiger partial charge is 0.416 e. The van der Waals surface area contributed by atoms with E-state index in [2.05, 4.69) is 20.5 Å². The summed E-state index contributed by atoms with van der Waals surface area (Å²) in [7, 11) is 3.05. The van der Waals surface area contributed by atoms with Gasteiger partial charge in [0.15, 0.2) is 5.82 Å². The Kier molecular flexibility index (Phi) is 6.96. The SMILES string of the molecule is COc1cc(OC)cc(-c2nc(SCC(=O)Nc3cc(C(F)(F)F)ccc3Cl)n[nH]2)c1. The lowest BCUT2D eigenvalue weighted by Crippen LogP contribution is -2.15. The number of halogens is 4. The molecule has 0 spiro atoms. The number of benzene rings is 2. The highest BCUT2D eigenvalue weighted by Gasteiger charge is 2.31. The quantitative estimate of drug-likeness (QED) is 0.476. The molecule has 7 nitrogen and oxygen atoms in total. The van der Waals surface area contributed by atoms with Gasteiger partial charge in [0.2, 0.25) is 11.1 Å². The number of rotatable bonds is 7. The van der Waals surface area contributed by atoms with Gasteiger partial charge in [0.1, 0.15) is 11.5 Å². The fourth-order valence-electron chi connectivity index (χ4n) is 2.50. The van der Waals surface area contributed by atoms with Crippen molar-refractivity contribution in [1.29, 1.82) is 0 Å². The summed E-state index contributed by atoms with van der Waals surface area (Å²) in [6.45, 7) is 0. The number of amides is 1. The van der Waals surface area contributed by atoms with Crippen molar-refractivity contribution in [2.75, 3.05) is 25.3 Å². The first-order chi connectivity index (χ1) is 14.7. The molecule has 0 atom stereocenters. The lowest BCUT2D eigenvalue weighted by molar-refractivity contribution is -0.137. The molecule has 0 saturated heterocycles. The first-order valence-electron chi connectivity index (χ1n) is 8.65. The number of ether oxygens (including phenoxy) is 2. The Labute approximate surface area is 184 Å². The van der Waals surface area contributed by atoms with Crippen molar-refractivity contribution < 1.29 is 27.4 Å². The zero-order valence-corrected chi connectivity index (χ0v) is 17.8. The van der Waals surface area contributed by atoms with Gasteiger partial charge >= 0.3 is 6.18 Å². The minimum absolute atomic E-state index is 0.00139. The summed E-state index contributed by atoms with van der Waals surface area (Å²) in [5.41, 5.74) is -0.371. The summed E-state index contributed by atoms with van der Waals surface area (Å²) in [6.07, 6.45) is -4.54. The van der Waals surface area contributed by atoms with Crippen LogP contribution in [0.3, 0.4) is 0 Å². The molecule has 3 aromatic rings. The van der Waals surface area contributed by atoms with E-state index in [9.17, 15) is 18.0 Å². The Morgan fingerprint density at radius 3 is 2.45 bits per heavy atom.